The summed E-state index contributed by atoms with van der Waals surface area (Å²) in [6.07, 6.45) is 3.71. The van der Waals surface area contributed by atoms with Crippen LogP contribution in [0.1, 0.15) is 27.2 Å². The molecule has 1 aromatic carbocycles. The van der Waals surface area contributed by atoms with Crippen LogP contribution in [0.4, 0.5) is 0 Å². The summed E-state index contributed by atoms with van der Waals surface area (Å²) in [6, 6.07) is 9.73. The SMILES string of the molecule is COc1ccc2c(c1)CC/C(=C\c1cccs1)C2=O. The number of ether oxygens (including phenoxy) is 1. The molecule has 0 spiro atoms. The van der Waals surface area contributed by atoms with Crippen LogP contribution in [0, 0.1) is 0 Å². The lowest BCUT2D eigenvalue weighted by Crippen LogP contribution is -2.14. The van der Waals surface area contributed by atoms with E-state index in [1.807, 2.05) is 41.8 Å². The first-order valence-electron chi connectivity index (χ1n) is 6.23. The zero-order valence-electron chi connectivity index (χ0n) is 10.7. The zero-order chi connectivity index (χ0) is 13.2. The maximum absolute atomic E-state index is 12.4. The Balaban J connectivity index is 1.96. The third-order valence-electron chi connectivity index (χ3n) is 3.37. The van der Waals surface area contributed by atoms with Gasteiger partial charge in [0.25, 0.3) is 0 Å². The van der Waals surface area contributed by atoms with Gasteiger partial charge in [0.1, 0.15) is 5.75 Å². The van der Waals surface area contributed by atoms with Gasteiger partial charge in [-0.3, -0.25) is 4.79 Å². The van der Waals surface area contributed by atoms with Gasteiger partial charge in [-0.25, -0.2) is 0 Å². The lowest BCUT2D eigenvalue weighted by Gasteiger charge is -2.18. The Labute approximate surface area is 116 Å². The number of aryl methyl sites for hydroxylation is 1. The number of thiophene rings is 1. The second-order valence-electron chi connectivity index (χ2n) is 4.54. The first-order chi connectivity index (χ1) is 9.28. The molecule has 1 aliphatic carbocycles. The van der Waals surface area contributed by atoms with E-state index in [1.54, 1.807) is 18.4 Å². The van der Waals surface area contributed by atoms with Crippen LogP contribution in [-0.2, 0) is 6.42 Å². The normalized spacial score (nSPS) is 16.5. The lowest BCUT2D eigenvalue weighted by atomic mass is 9.86. The van der Waals surface area contributed by atoms with Crippen molar-refractivity contribution in [2.24, 2.45) is 0 Å². The van der Waals surface area contributed by atoms with Crippen LogP contribution in [0.3, 0.4) is 0 Å². The maximum atomic E-state index is 12.4. The number of benzene rings is 1. The number of ketones is 1. The number of rotatable bonds is 2. The molecule has 0 saturated carbocycles. The van der Waals surface area contributed by atoms with Crippen LogP contribution < -0.4 is 4.74 Å². The van der Waals surface area contributed by atoms with Crippen molar-refractivity contribution in [1.82, 2.24) is 0 Å². The second kappa shape index (κ2) is 5.02. The fraction of sp³-hybridized carbons (Fsp3) is 0.188. The fourth-order valence-electron chi connectivity index (χ4n) is 2.36. The molecule has 2 nitrogen and oxygen atoms in total. The van der Waals surface area contributed by atoms with Crippen LogP contribution in [0.2, 0.25) is 0 Å². The Kier molecular flexibility index (Phi) is 3.22. The second-order valence-corrected chi connectivity index (χ2v) is 5.52. The Hall–Kier alpha value is -1.87. The molecule has 1 aliphatic rings. The third-order valence-corrected chi connectivity index (χ3v) is 4.19. The van der Waals surface area contributed by atoms with E-state index in [1.165, 1.54) is 0 Å². The maximum Gasteiger partial charge on any atom is 0.189 e. The van der Waals surface area contributed by atoms with Crippen molar-refractivity contribution in [1.29, 1.82) is 0 Å². The van der Waals surface area contributed by atoms with E-state index in [4.69, 9.17) is 4.74 Å². The topological polar surface area (TPSA) is 26.3 Å². The Bertz CT molecular complexity index is 639. The minimum atomic E-state index is 0.150. The summed E-state index contributed by atoms with van der Waals surface area (Å²) in [5.74, 6) is 0.967. The Morgan fingerprint density at radius 3 is 2.89 bits per heavy atom. The van der Waals surface area contributed by atoms with E-state index in [2.05, 4.69) is 0 Å². The summed E-state index contributed by atoms with van der Waals surface area (Å²) < 4.78 is 5.20. The molecule has 0 fully saturated rings. The number of carbonyl (C=O) groups is 1. The molecule has 3 heteroatoms. The summed E-state index contributed by atoms with van der Waals surface area (Å²) in [6.45, 7) is 0. The summed E-state index contributed by atoms with van der Waals surface area (Å²) in [7, 11) is 1.65. The monoisotopic (exact) mass is 270 g/mol. The number of allylic oxidation sites excluding steroid dienone is 1. The van der Waals surface area contributed by atoms with Gasteiger partial charge in [0, 0.05) is 16.0 Å². The van der Waals surface area contributed by atoms with E-state index in [9.17, 15) is 4.79 Å². The standard InChI is InChI=1S/C16H14O2S/c1-18-13-6-7-15-11(9-13)4-5-12(16(15)17)10-14-3-2-8-19-14/h2-3,6-10H,4-5H2,1H3/b12-10+. The highest BCUT2D eigenvalue weighted by Crippen LogP contribution is 2.29. The van der Waals surface area contributed by atoms with Crippen molar-refractivity contribution in [3.8, 4) is 5.75 Å². The van der Waals surface area contributed by atoms with Gasteiger partial charge in [0.2, 0.25) is 0 Å². The first kappa shape index (κ1) is 12.2. The van der Waals surface area contributed by atoms with E-state index in [0.717, 1.165) is 40.2 Å². The molecule has 0 atom stereocenters. The predicted octanol–water partition coefficient (Wildman–Crippen LogP) is 3.97. The van der Waals surface area contributed by atoms with E-state index in [-0.39, 0.29) is 5.78 Å². The predicted molar refractivity (Wildman–Crippen MR) is 77.9 cm³/mol. The van der Waals surface area contributed by atoms with E-state index >= 15 is 0 Å². The molecule has 3 rings (SSSR count). The summed E-state index contributed by atoms with van der Waals surface area (Å²) in [5.41, 5.74) is 2.81. The van der Waals surface area contributed by atoms with Gasteiger partial charge >= 0.3 is 0 Å². The van der Waals surface area contributed by atoms with Gasteiger partial charge in [-0.1, -0.05) is 6.07 Å². The first-order valence-corrected chi connectivity index (χ1v) is 7.11. The zero-order valence-corrected chi connectivity index (χ0v) is 11.5. The minimum absolute atomic E-state index is 0.150. The van der Waals surface area contributed by atoms with Crippen LogP contribution in [-0.4, -0.2) is 12.9 Å². The average Bonchev–Trinajstić information content (AvgIpc) is 2.94. The highest BCUT2D eigenvalue weighted by Gasteiger charge is 2.22. The largest absolute Gasteiger partial charge is 0.497 e. The average molecular weight is 270 g/mol. The van der Waals surface area contributed by atoms with Gasteiger partial charge in [-0.05, 0) is 54.1 Å². The van der Waals surface area contributed by atoms with Crippen LogP contribution in [0.25, 0.3) is 6.08 Å². The van der Waals surface area contributed by atoms with Gasteiger partial charge in [0.05, 0.1) is 7.11 Å². The molecule has 0 N–H and O–H groups in total. The Morgan fingerprint density at radius 1 is 1.26 bits per heavy atom. The number of methoxy groups -OCH3 is 1. The molecule has 0 bridgehead atoms. The number of fused-ring (bicyclic) bond motifs is 1. The van der Waals surface area contributed by atoms with Crippen molar-refractivity contribution in [3.05, 3.63) is 57.3 Å². The highest BCUT2D eigenvalue weighted by atomic mass is 32.1. The molecular formula is C16H14O2S. The molecule has 0 radical (unpaired) electrons. The third kappa shape index (κ3) is 2.34. The van der Waals surface area contributed by atoms with Crippen molar-refractivity contribution >= 4 is 23.2 Å². The number of hydrogen-bond donors (Lipinski definition) is 0. The molecule has 0 aliphatic heterocycles. The number of Topliss-reactive ketones (excluding diaryl/α,β-unsaturated/α-hetero) is 1. The van der Waals surface area contributed by atoms with Gasteiger partial charge in [-0.2, -0.15) is 0 Å². The molecule has 2 aromatic rings. The molecule has 96 valence electrons. The number of carbonyl (C=O) groups excluding carboxylic acids is 1. The molecule has 1 heterocycles. The van der Waals surface area contributed by atoms with Crippen LogP contribution >= 0.6 is 11.3 Å². The smallest absolute Gasteiger partial charge is 0.189 e. The van der Waals surface area contributed by atoms with Crippen LogP contribution in [0.15, 0.2) is 41.3 Å². The number of hydrogen-bond acceptors (Lipinski definition) is 3. The molecule has 0 unspecified atom stereocenters. The Morgan fingerprint density at radius 2 is 2.16 bits per heavy atom. The molecule has 0 amide bonds. The van der Waals surface area contributed by atoms with Crippen LogP contribution in [0.5, 0.6) is 5.75 Å². The lowest BCUT2D eigenvalue weighted by molar-refractivity contribution is 0.102. The molecular weight excluding hydrogens is 256 g/mol. The molecule has 1 aromatic heterocycles. The summed E-state index contributed by atoms with van der Waals surface area (Å²) in [4.78, 5) is 13.6. The van der Waals surface area contributed by atoms with Crippen molar-refractivity contribution in [2.45, 2.75) is 12.8 Å². The minimum Gasteiger partial charge on any atom is -0.497 e. The van der Waals surface area contributed by atoms with Crippen molar-refractivity contribution in [2.75, 3.05) is 7.11 Å². The molecule has 0 saturated heterocycles. The van der Waals surface area contributed by atoms with E-state index < -0.39 is 0 Å². The fourth-order valence-corrected chi connectivity index (χ4v) is 3.05. The van der Waals surface area contributed by atoms with Gasteiger partial charge < -0.3 is 4.74 Å². The van der Waals surface area contributed by atoms with E-state index in [0.29, 0.717) is 0 Å². The van der Waals surface area contributed by atoms with Crippen molar-refractivity contribution < 1.29 is 9.53 Å². The van der Waals surface area contributed by atoms with Crippen molar-refractivity contribution in [3.63, 3.8) is 0 Å². The quantitative estimate of drug-likeness (QED) is 0.772. The van der Waals surface area contributed by atoms with Gasteiger partial charge in [-0.15, -0.1) is 11.3 Å². The summed E-state index contributed by atoms with van der Waals surface area (Å²) >= 11 is 1.66. The molecule has 19 heavy (non-hydrogen) atoms. The van der Waals surface area contributed by atoms with Gasteiger partial charge in [0.15, 0.2) is 5.78 Å². The highest BCUT2D eigenvalue weighted by molar-refractivity contribution is 7.10. The summed E-state index contributed by atoms with van der Waals surface area (Å²) in [5, 5.41) is 2.03.